The number of nitrogens with one attached hydrogen (secondary N) is 1. The highest BCUT2D eigenvalue weighted by atomic mass is 31.2. The third-order valence-electron chi connectivity index (χ3n) is 11.4. The van der Waals surface area contributed by atoms with Crippen molar-refractivity contribution in [3.05, 3.63) is 12.2 Å². The average molecular weight is 852 g/mol. The van der Waals surface area contributed by atoms with E-state index in [1.54, 1.807) is 6.08 Å². The van der Waals surface area contributed by atoms with Gasteiger partial charge in [-0.1, -0.05) is 187 Å². The summed E-state index contributed by atoms with van der Waals surface area (Å²) in [6.07, 6.45) is 21.6. The first-order chi connectivity index (χ1) is 27.8. The predicted octanol–water partition coefficient (Wildman–Crippen LogP) is 7.42. The smallest absolute Gasteiger partial charge is 0.393 e. The van der Waals surface area contributed by atoms with Crippen LogP contribution < -0.4 is 5.32 Å². The molecule has 8 unspecified atom stereocenters. The summed E-state index contributed by atoms with van der Waals surface area (Å²) in [5.41, 5.74) is 0. The lowest BCUT2D eigenvalue weighted by Crippen LogP contribution is -2.64. The SMILES string of the molecule is CCCCCCCCCCCCCCC/C=C/C(O)C(COP(=O)(O)OC1C(O)C(O)C(O)C(O)C1O)NC(=O)CC(O)CCCCCCCCCCCCCCC. The first kappa shape index (κ1) is 55.1. The van der Waals surface area contributed by atoms with Crippen molar-refractivity contribution in [1.82, 2.24) is 5.32 Å². The van der Waals surface area contributed by atoms with Gasteiger partial charge in [0.25, 0.3) is 0 Å². The number of phosphoric acid groups is 1. The van der Waals surface area contributed by atoms with Crippen molar-refractivity contribution in [2.75, 3.05) is 6.61 Å². The Morgan fingerprint density at radius 1 is 0.603 bits per heavy atom. The topological polar surface area (TPSA) is 226 Å². The van der Waals surface area contributed by atoms with Gasteiger partial charge in [0.05, 0.1) is 31.3 Å². The molecule has 1 saturated carbocycles. The number of hydrogen-bond donors (Lipinski definition) is 9. The first-order valence-corrected chi connectivity index (χ1v) is 24.7. The van der Waals surface area contributed by atoms with E-state index in [1.807, 2.05) is 0 Å². The summed E-state index contributed by atoms with van der Waals surface area (Å²) in [7, 11) is -5.13. The van der Waals surface area contributed by atoms with E-state index >= 15 is 0 Å². The Hall–Kier alpha value is -0.960. The van der Waals surface area contributed by atoms with Crippen LogP contribution in [0.25, 0.3) is 0 Å². The molecule has 1 aliphatic rings. The van der Waals surface area contributed by atoms with Gasteiger partial charge in [-0.3, -0.25) is 13.8 Å². The maximum Gasteiger partial charge on any atom is 0.472 e. The second kappa shape index (κ2) is 34.6. The lowest BCUT2D eigenvalue weighted by molar-refractivity contribution is -0.220. The van der Waals surface area contributed by atoms with Crippen LogP contribution in [-0.4, -0.2) is 108 Å². The molecule has 9 N–H and O–H groups in total. The quantitative estimate of drug-likeness (QED) is 0.0168. The minimum absolute atomic E-state index is 0.240. The van der Waals surface area contributed by atoms with Gasteiger partial charge in [-0.15, -0.1) is 0 Å². The Bertz CT molecular complexity index is 1050. The zero-order valence-corrected chi connectivity index (χ0v) is 37.1. The van der Waals surface area contributed by atoms with Crippen LogP contribution in [0.1, 0.15) is 200 Å². The minimum atomic E-state index is -5.13. The normalized spacial score (nSPS) is 23.8. The molecule has 1 amide bonds. The van der Waals surface area contributed by atoms with Gasteiger partial charge < -0.3 is 46.0 Å². The van der Waals surface area contributed by atoms with Crippen molar-refractivity contribution >= 4 is 13.7 Å². The molecule has 0 aromatic heterocycles. The number of unbranched alkanes of at least 4 members (excludes halogenated alkanes) is 25. The van der Waals surface area contributed by atoms with Crippen molar-refractivity contribution in [3.8, 4) is 0 Å². The Morgan fingerprint density at radius 2 is 0.983 bits per heavy atom. The fourth-order valence-electron chi connectivity index (χ4n) is 7.54. The molecule has 1 fully saturated rings. The molecule has 344 valence electrons. The standard InChI is InChI=1S/C44H86NO12P/c1-3-5-7-9-11-13-15-17-18-20-22-24-26-28-30-32-37(47)36(34-56-58(54,55)57-44-42(52)40(50)39(49)41(51)43(44)53)45-38(48)33-35(46)31-29-27-25-23-21-19-16-14-12-10-8-6-4-2/h30,32,35-37,39-44,46-47,49-53H,3-29,31,33-34H2,1-2H3,(H,45,48)(H,54,55)/b32-30+. The van der Waals surface area contributed by atoms with E-state index in [2.05, 4.69) is 19.2 Å². The van der Waals surface area contributed by atoms with Gasteiger partial charge in [0.2, 0.25) is 5.91 Å². The van der Waals surface area contributed by atoms with Crippen LogP contribution in [0.4, 0.5) is 0 Å². The molecular weight excluding hydrogens is 765 g/mol. The predicted molar refractivity (Wildman–Crippen MR) is 229 cm³/mol. The zero-order chi connectivity index (χ0) is 43.0. The monoisotopic (exact) mass is 852 g/mol. The van der Waals surface area contributed by atoms with Crippen LogP contribution in [0, 0.1) is 0 Å². The molecule has 8 atom stereocenters. The number of hydrogen-bond acceptors (Lipinski definition) is 11. The van der Waals surface area contributed by atoms with Gasteiger partial charge in [-0.2, -0.15) is 0 Å². The molecule has 0 aliphatic heterocycles. The van der Waals surface area contributed by atoms with Gasteiger partial charge in [-0.25, -0.2) is 4.57 Å². The molecule has 0 radical (unpaired) electrons. The van der Waals surface area contributed by atoms with Crippen LogP contribution in [0.5, 0.6) is 0 Å². The fourth-order valence-corrected chi connectivity index (χ4v) is 8.50. The molecule has 58 heavy (non-hydrogen) atoms. The van der Waals surface area contributed by atoms with Crippen LogP contribution in [0.2, 0.25) is 0 Å². The maximum atomic E-state index is 13.0. The van der Waals surface area contributed by atoms with Crippen LogP contribution >= 0.6 is 7.82 Å². The second-order valence-corrected chi connectivity index (χ2v) is 18.2. The zero-order valence-electron chi connectivity index (χ0n) is 36.2. The summed E-state index contributed by atoms with van der Waals surface area (Å²) in [5.74, 6) is -0.591. The number of carbonyl (C=O) groups excluding carboxylic acids is 1. The molecule has 1 aliphatic carbocycles. The van der Waals surface area contributed by atoms with Crippen molar-refractivity contribution in [1.29, 1.82) is 0 Å². The van der Waals surface area contributed by atoms with Crippen LogP contribution in [0.3, 0.4) is 0 Å². The number of phosphoric ester groups is 1. The van der Waals surface area contributed by atoms with E-state index in [0.717, 1.165) is 44.9 Å². The van der Waals surface area contributed by atoms with Crippen LogP contribution in [0.15, 0.2) is 12.2 Å². The molecule has 0 heterocycles. The number of carbonyl (C=O) groups is 1. The van der Waals surface area contributed by atoms with E-state index in [-0.39, 0.29) is 6.42 Å². The Morgan fingerprint density at radius 3 is 1.41 bits per heavy atom. The third-order valence-corrected chi connectivity index (χ3v) is 12.4. The van der Waals surface area contributed by atoms with Crippen molar-refractivity contribution in [2.24, 2.45) is 0 Å². The highest BCUT2D eigenvalue weighted by Crippen LogP contribution is 2.47. The van der Waals surface area contributed by atoms with E-state index < -0.39 is 75.2 Å². The van der Waals surface area contributed by atoms with Crippen LogP contribution in [-0.2, 0) is 18.4 Å². The fraction of sp³-hybridized carbons (Fsp3) is 0.932. The summed E-state index contributed by atoms with van der Waals surface area (Å²) >= 11 is 0. The van der Waals surface area contributed by atoms with Gasteiger partial charge in [-0.05, 0) is 19.3 Å². The molecule has 0 aromatic rings. The van der Waals surface area contributed by atoms with Gasteiger partial charge >= 0.3 is 7.82 Å². The van der Waals surface area contributed by atoms with E-state index in [9.17, 15) is 50.0 Å². The molecule has 1 rings (SSSR count). The number of aliphatic hydroxyl groups is 7. The van der Waals surface area contributed by atoms with Gasteiger partial charge in [0.1, 0.15) is 36.6 Å². The highest BCUT2D eigenvalue weighted by molar-refractivity contribution is 7.47. The Labute approximate surface area is 351 Å². The van der Waals surface area contributed by atoms with Crippen molar-refractivity contribution in [2.45, 2.75) is 255 Å². The Balaban J connectivity index is 2.56. The van der Waals surface area contributed by atoms with Gasteiger partial charge in [0.15, 0.2) is 0 Å². The summed E-state index contributed by atoms with van der Waals surface area (Å²) in [5, 5.41) is 74.4. The molecule has 0 saturated heterocycles. The summed E-state index contributed by atoms with van der Waals surface area (Å²) in [4.78, 5) is 23.4. The molecule has 0 aromatic carbocycles. The second-order valence-electron chi connectivity index (χ2n) is 16.8. The molecule has 0 spiro atoms. The van der Waals surface area contributed by atoms with Crippen molar-refractivity contribution in [3.63, 3.8) is 0 Å². The lowest BCUT2D eigenvalue weighted by Gasteiger charge is -2.41. The summed E-state index contributed by atoms with van der Waals surface area (Å²) in [6.45, 7) is 3.73. The first-order valence-electron chi connectivity index (χ1n) is 23.2. The number of allylic oxidation sites excluding steroid dienone is 1. The van der Waals surface area contributed by atoms with Gasteiger partial charge in [0, 0.05) is 0 Å². The molecule has 13 nitrogen and oxygen atoms in total. The maximum absolute atomic E-state index is 13.0. The number of aliphatic hydroxyl groups excluding tert-OH is 7. The number of amides is 1. The third kappa shape index (κ3) is 26.4. The van der Waals surface area contributed by atoms with E-state index in [4.69, 9.17) is 9.05 Å². The summed E-state index contributed by atoms with van der Waals surface area (Å²) in [6, 6.07) is -1.23. The van der Waals surface area contributed by atoms with E-state index in [1.165, 1.54) is 128 Å². The Kier molecular flexibility index (Phi) is 32.9. The largest absolute Gasteiger partial charge is 0.472 e. The van der Waals surface area contributed by atoms with E-state index in [0.29, 0.717) is 12.8 Å². The van der Waals surface area contributed by atoms with Crippen molar-refractivity contribution < 1.29 is 59.0 Å². The lowest BCUT2D eigenvalue weighted by atomic mass is 9.85. The average Bonchev–Trinajstić information content (AvgIpc) is 3.19. The number of rotatable bonds is 38. The minimum Gasteiger partial charge on any atom is -0.393 e. The highest BCUT2D eigenvalue weighted by Gasteiger charge is 2.51. The molecule has 0 bridgehead atoms. The molecular formula is C44H86NO12P. The summed E-state index contributed by atoms with van der Waals surface area (Å²) < 4.78 is 22.8. The molecule has 14 heteroatoms.